The lowest BCUT2D eigenvalue weighted by atomic mass is 10.0. The molecule has 1 atom stereocenters. The molecule has 39 heavy (non-hydrogen) atoms. The van der Waals surface area contributed by atoms with E-state index in [9.17, 15) is 22.8 Å². The summed E-state index contributed by atoms with van der Waals surface area (Å²) in [7, 11) is 0. The van der Waals surface area contributed by atoms with Gasteiger partial charge in [0.1, 0.15) is 6.33 Å². The number of hydrogen-bond donors (Lipinski definition) is 0. The molecule has 0 radical (unpaired) electrons. The maximum absolute atomic E-state index is 13.1. The predicted octanol–water partition coefficient (Wildman–Crippen LogP) is 6.12. The third kappa shape index (κ3) is 5.71. The first-order valence-electron chi connectivity index (χ1n) is 11.6. The molecule has 5 aromatic heterocycles. The molecule has 0 aliphatic rings. The van der Waals surface area contributed by atoms with E-state index in [0.29, 0.717) is 16.1 Å². The molecule has 1 unspecified atom stereocenters. The Labute approximate surface area is 228 Å². The first-order chi connectivity index (χ1) is 18.6. The third-order valence-electron chi connectivity index (χ3n) is 5.98. The summed E-state index contributed by atoms with van der Waals surface area (Å²) in [5.74, 6) is -0.867. The zero-order chi connectivity index (χ0) is 27.7. The van der Waals surface area contributed by atoms with E-state index in [1.54, 1.807) is 23.1 Å². The number of nitrogens with zero attached hydrogens (tertiary/aromatic N) is 6. The van der Waals surface area contributed by atoms with E-state index in [0.717, 1.165) is 34.7 Å². The molecule has 0 aliphatic carbocycles. The number of carbonyl (C=O) groups excluding carboxylic acids is 2. The number of halogens is 4. The van der Waals surface area contributed by atoms with Gasteiger partial charge in [0.2, 0.25) is 0 Å². The van der Waals surface area contributed by atoms with Crippen LogP contribution in [0.25, 0.3) is 16.6 Å². The number of carbonyl (C=O) groups is 2. The number of fused-ring (bicyclic) bond motifs is 1. The van der Waals surface area contributed by atoms with Crippen molar-refractivity contribution in [3.8, 4) is 11.1 Å². The van der Waals surface area contributed by atoms with E-state index in [1.165, 1.54) is 18.7 Å². The van der Waals surface area contributed by atoms with Crippen LogP contribution in [0.2, 0.25) is 5.02 Å². The average molecular weight is 571 g/mol. The molecule has 0 saturated carbocycles. The van der Waals surface area contributed by atoms with Crippen LogP contribution in [0.5, 0.6) is 0 Å². The summed E-state index contributed by atoms with van der Waals surface area (Å²) in [6.45, 7) is 1.82. The van der Waals surface area contributed by atoms with Crippen molar-refractivity contribution in [1.82, 2.24) is 29.5 Å². The molecule has 0 saturated heterocycles. The molecular weight excluding hydrogens is 553 g/mol. The molecule has 0 amide bonds. The summed E-state index contributed by atoms with van der Waals surface area (Å²) in [5.41, 5.74) is 1.68. The molecule has 0 bridgehead atoms. The number of Topliss-reactive ketones (excluding diaryl/α,β-unsaturated/α-hetero) is 2. The lowest BCUT2D eigenvalue weighted by Gasteiger charge is -2.09. The highest BCUT2D eigenvalue weighted by atomic mass is 35.5. The normalized spacial score (nSPS) is 12.5. The number of pyridine rings is 2. The number of ketones is 2. The second-order valence-corrected chi connectivity index (χ2v) is 10.2. The standard InChI is InChI=1S/C26H18ClF3N6O2S/c1-14(4-22(37)18-9-35-36-12-15(2-3-21(18)36)16-7-31-13-32-8-16)25-34-11-24(39-25)23(38)6-17-5-19(26(28,29)30)20(27)10-33-17/h2-3,5,7-14H,4,6H2,1H3. The maximum atomic E-state index is 13.1. The number of aromatic nitrogens is 6. The van der Waals surface area contributed by atoms with Crippen LogP contribution in [0, 0.1) is 0 Å². The molecule has 5 heterocycles. The Morgan fingerprint density at radius 1 is 1.03 bits per heavy atom. The van der Waals surface area contributed by atoms with Crippen molar-refractivity contribution in [2.75, 3.05) is 0 Å². The van der Waals surface area contributed by atoms with Crippen LogP contribution in [0.3, 0.4) is 0 Å². The number of thiazole rings is 1. The highest BCUT2D eigenvalue weighted by Crippen LogP contribution is 2.35. The summed E-state index contributed by atoms with van der Waals surface area (Å²) in [5, 5.41) is 4.34. The van der Waals surface area contributed by atoms with E-state index in [1.807, 2.05) is 19.1 Å². The van der Waals surface area contributed by atoms with Gasteiger partial charge in [0.25, 0.3) is 0 Å². The fraction of sp³-hybridized carbons (Fsp3) is 0.192. The minimum atomic E-state index is -4.66. The molecular formula is C26H18ClF3N6O2S. The highest BCUT2D eigenvalue weighted by molar-refractivity contribution is 7.13. The zero-order valence-corrected chi connectivity index (χ0v) is 21.8. The quantitative estimate of drug-likeness (QED) is 0.207. The molecule has 8 nitrogen and oxygen atoms in total. The molecule has 0 aromatic carbocycles. The van der Waals surface area contributed by atoms with Crippen molar-refractivity contribution in [3.05, 3.63) is 93.4 Å². The minimum absolute atomic E-state index is 0.0501. The van der Waals surface area contributed by atoms with E-state index < -0.39 is 22.5 Å². The van der Waals surface area contributed by atoms with Gasteiger partial charge >= 0.3 is 6.18 Å². The lowest BCUT2D eigenvalue weighted by molar-refractivity contribution is -0.137. The Bertz CT molecular complexity index is 1690. The molecule has 198 valence electrons. The van der Waals surface area contributed by atoms with Gasteiger partial charge < -0.3 is 0 Å². The predicted molar refractivity (Wildman–Crippen MR) is 138 cm³/mol. The topological polar surface area (TPSA) is 103 Å². The molecule has 0 fully saturated rings. The highest BCUT2D eigenvalue weighted by Gasteiger charge is 2.34. The van der Waals surface area contributed by atoms with Gasteiger partial charge in [0.15, 0.2) is 11.6 Å². The minimum Gasteiger partial charge on any atom is -0.294 e. The second-order valence-electron chi connectivity index (χ2n) is 8.78. The van der Waals surface area contributed by atoms with Crippen molar-refractivity contribution in [2.45, 2.75) is 31.9 Å². The zero-order valence-electron chi connectivity index (χ0n) is 20.2. The smallest absolute Gasteiger partial charge is 0.294 e. The van der Waals surface area contributed by atoms with Gasteiger partial charge in [0.05, 0.1) is 44.2 Å². The van der Waals surface area contributed by atoms with Crippen LogP contribution in [-0.4, -0.2) is 41.1 Å². The largest absolute Gasteiger partial charge is 0.417 e. The van der Waals surface area contributed by atoms with Crippen LogP contribution in [-0.2, 0) is 12.6 Å². The van der Waals surface area contributed by atoms with Gasteiger partial charge in [-0.3, -0.25) is 14.6 Å². The Kier molecular flexibility index (Phi) is 7.23. The molecule has 5 rings (SSSR count). The van der Waals surface area contributed by atoms with Crippen LogP contribution in [0.15, 0.2) is 61.7 Å². The van der Waals surface area contributed by atoms with Crippen molar-refractivity contribution in [3.63, 3.8) is 0 Å². The summed E-state index contributed by atoms with van der Waals surface area (Å²) >= 11 is 6.70. The summed E-state index contributed by atoms with van der Waals surface area (Å²) < 4.78 is 41.0. The first kappa shape index (κ1) is 26.6. The summed E-state index contributed by atoms with van der Waals surface area (Å²) in [4.78, 5) is 42.2. The van der Waals surface area contributed by atoms with Crippen molar-refractivity contribution >= 4 is 40.0 Å². The summed E-state index contributed by atoms with van der Waals surface area (Å²) in [6.07, 6.45) is 5.51. The number of hydrogen-bond acceptors (Lipinski definition) is 8. The Morgan fingerprint density at radius 3 is 2.54 bits per heavy atom. The number of alkyl halides is 3. The third-order valence-corrected chi connectivity index (χ3v) is 7.55. The summed E-state index contributed by atoms with van der Waals surface area (Å²) in [6, 6.07) is 4.44. The second kappa shape index (κ2) is 10.6. The van der Waals surface area contributed by atoms with Crippen LogP contribution >= 0.6 is 22.9 Å². The molecule has 0 spiro atoms. The SMILES string of the molecule is CC(CC(=O)c1cnn2cc(-c3cncnc3)ccc12)c1ncc(C(=O)Cc2cc(C(F)(F)F)c(Cl)cn2)s1. The van der Waals surface area contributed by atoms with E-state index in [4.69, 9.17) is 11.6 Å². The molecule has 5 aromatic rings. The van der Waals surface area contributed by atoms with E-state index >= 15 is 0 Å². The van der Waals surface area contributed by atoms with E-state index in [2.05, 4.69) is 25.0 Å². The average Bonchev–Trinajstić information content (AvgIpc) is 3.57. The Balaban J connectivity index is 1.27. The monoisotopic (exact) mass is 570 g/mol. The van der Waals surface area contributed by atoms with Gasteiger partial charge in [-0.05, 0) is 12.1 Å². The Hall–Kier alpha value is -4.03. The fourth-order valence-electron chi connectivity index (χ4n) is 3.99. The maximum Gasteiger partial charge on any atom is 0.417 e. The van der Waals surface area contributed by atoms with Crippen LogP contribution in [0.1, 0.15) is 55.6 Å². The molecule has 0 N–H and O–H groups in total. The van der Waals surface area contributed by atoms with Crippen molar-refractivity contribution in [2.24, 2.45) is 0 Å². The molecule has 13 heteroatoms. The van der Waals surface area contributed by atoms with Crippen molar-refractivity contribution in [1.29, 1.82) is 0 Å². The van der Waals surface area contributed by atoms with E-state index in [-0.39, 0.29) is 35.1 Å². The Morgan fingerprint density at radius 2 is 1.79 bits per heavy atom. The molecule has 0 aliphatic heterocycles. The first-order valence-corrected chi connectivity index (χ1v) is 12.8. The van der Waals surface area contributed by atoms with Gasteiger partial charge in [0, 0.05) is 60.1 Å². The van der Waals surface area contributed by atoms with Crippen LogP contribution < -0.4 is 0 Å². The lowest BCUT2D eigenvalue weighted by Crippen LogP contribution is -2.10. The number of rotatable bonds is 8. The van der Waals surface area contributed by atoms with Crippen LogP contribution in [0.4, 0.5) is 13.2 Å². The van der Waals surface area contributed by atoms with Gasteiger partial charge in [-0.2, -0.15) is 18.3 Å². The van der Waals surface area contributed by atoms with Gasteiger partial charge in [-0.25, -0.2) is 19.5 Å². The van der Waals surface area contributed by atoms with Crippen molar-refractivity contribution < 1.29 is 22.8 Å². The van der Waals surface area contributed by atoms with Gasteiger partial charge in [-0.1, -0.05) is 24.6 Å². The van der Waals surface area contributed by atoms with Gasteiger partial charge in [-0.15, -0.1) is 11.3 Å². The fourth-order valence-corrected chi connectivity index (χ4v) is 5.10.